The van der Waals surface area contributed by atoms with Crippen molar-refractivity contribution in [3.8, 4) is 0 Å². The monoisotopic (exact) mass is 403 g/mol. The van der Waals surface area contributed by atoms with E-state index < -0.39 is 17.7 Å². The highest BCUT2D eigenvalue weighted by Crippen LogP contribution is 2.42. The second-order valence-electron chi connectivity index (χ2n) is 6.92. The minimum Gasteiger partial charge on any atom is -0.507 e. The predicted molar refractivity (Wildman–Crippen MR) is 114 cm³/mol. The number of hydrogen-bond donors (Lipinski definition) is 1. The fraction of sp³-hybridized carbons (Fsp3) is 0.0833. The Morgan fingerprint density at radius 3 is 2.14 bits per heavy atom. The highest BCUT2D eigenvalue weighted by Gasteiger charge is 2.46. The van der Waals surface area contributed by atoms with Crippen LogP contribution in [-0.2, 0) is 9.59 Å². The van der Waals surface area contributed by atoms with Crippen LogP contribution in [0.5, 0.6) is 0 Å². The highest BCUT2D eigenvalue weighted by molar-refractivity contribution is 6.51. The maximum Gasteiger partial charge on any atom is 0.300 e. The summed E-state index contributed by atoms with van der Waals surface area (Å²) in [6.07, 6.45) is 0. The Labute approximate surface area is 173 Å². The summed E-state index contributed by atoms with van der Waals surface area (Å²) in [5, 5.41) is 11.5. The topological polar surface area (TPSA) is 57.6 Å². The van der Waals surface area contributed by atoms with Crippen LogP contribution < -0.4 is 4.90 Å². The van der Waals surface area contributed by atoms with Crippen molar-refractivity contribution >= 4 is 34.7 Å². The van der Waals surface area contributed by atoms with E-state index in [9.17, 15) is 14.7 Å². The smallest absolute Gasteiger partial charge is 0.300 e. The maximum absolute atomic E-state index is 13.0. The van der Waals surface area contributed by atoms with E-state index in [4.69, 9.17) is 11.6 Å². The SMILES string of the molecule is Cc1ccc(N2C(=O)C(=O)/C(=C(/O)c3ccc(Cl)cc3)[C@H]2c2ccccc2)cc1. The van der Waals surface area contributed by atoms with E-state index in [1.165, 1.54) is 4.90 Å². The number of carbonyl (C=O) groups is 2. The molecule has 4 rings (SSSR count). The van der Waals surface area contributed by atoms with E-state index in [0.29, 0.717) is 16.3 Å². The Bertz CT molecular complexity index is 1100. The van der Waals surface area contributed by atoms with Gasteiger partial charge in [-0.25, -0.2) is 0 Å². The summed E-state index contributed by atoms with van der Waals surface area (Å²) in [5.41, 5.74) is 2.87. The largest absolute Gasteiger partial charge is 0.507 e. The van der Waals surface area contributed by atoms with Crippen molar-refractivity contribution < 1.29 is 14.7 Å². The van der Waals surface area contributed by atoms with Gasteiger partial charge in [0.05, 0.1) is 11.6 Å². The van der Waals surface area contributed by atoms with Gasteiger partial charge in [-0.1, -0.05) is 59.6 Å². The molecule has 1 aliphatic heterocycles. The summed E-state index contributed by atoms with van der Waals surface area (Å²) in [6.45, 7) is 1.95. The van der Waals surface area contributed by atoms with Crippen molar-refractivity contribution in [1.29, 1.82) is 0 Å². The summed E-state index contributed by atoms with van der Waals surface area (Å²) in [6, 6.07) is 22.4. The summed E-state index contributed by atoms with van der Waals surface area (Å²) in [5.74, 6) is -1.60. The number of benzene rings is 3. The molecule has 1 amide bonds. The third kappa shape index (κ3) is 3.43. The first kappa shape index (κ1) is 19.0. The number of amides is 1. The number of rotatable bonds is 3. The minimum atomic E-state index is -0.727. The number of Topliss-reactive ketones (excluding diaryl/α,β-unsaturated/α-hetero) is 1. The number of anilines is 1. The van der Waals surface area contributed by atoms with Gasteiger partial charge in [0.2, 0.25) is 0 Å². The van der Waals surface area contributed by atoms with Crippen LogP contribution in [0.1, 0.15) is 22.7 Å². The molecule has 3 aromatic carbocycles. The fourth-order valence-electron chi connectivity index (χ4n) is 3.52. The van der Waals surface area contributed by atoms with E-state index in [2.05, 4.69) is 0 Å². The average Bonchev–Trinajstić information content (AvgIpc) is 3.00. The van der Waals surface area contributed by atoms with Crippen LogP contribution in [0.2, 0.25) is 5.02 Å². The third-order valence-corrected chi connectivity index (χ3v) is 5.24. The van der Waals surface area contributed by atoms with Gasteiger partial charge < -0.3 is 5.11 Å². The van der Waals surface area contributed by atoms with Crippen LogP contribution in [0.15, 0.2) is 84.4 Å². The number of aliphatic hydroxyl groups excluding tert-OH is 1. The van der Waals surface area contributed by atoms with Gasteiger partial charge in [-0.05, 0) is 48.9 Å². The van der Waals surface area contributed by atoms with Crippen LogP contribution >= 0.6 is 11.6 Å². The Morgan fingerprint density at radius 1 is 0.897 bits per heavy atom. The van der Waals surface area contributed by atoms with Crippen molar-refractivity contribution in [2.75, 3.05) is 4.90 Å². The molecule has 29 heavy (non-hydrogen) atoms. The minimum absolute atomic E-state index is 0.0593. The molecule has 0 saturated carbocycles. The Balaban J connectivity index is 1.93. The van der Waals surface area contributed by atoms with Crippen LogP contribution in [0.25, 0.3) is 5.76 Å². The zero-order valence-electron chi connectivity index (χ0n) is 15.7. The molecule has 1 fully saturated rings. The molecule has 0 unspecified atom stereocenters. The van der Waals surface area contributed by atoms with E-state index in [1.807, 2.05) is 49.4 Å². The average molecular weight is 404 g/mol. The zero-order valence-corrected chi connectivity index (χ0v) is 16.4. The van der Waals surface area contributed by atoms with Crippen molar-refractivity contribution in [3.63, 3.8) is 0 Å². The molecule has 1 heterocycles. The first-order chi connectivity index (χ1) is 14.0. The molecular weight excluding hydrogens is 386 g/mol. The Morgan fingerprint density at radius 2 is 1.52 bits per heavy atom. The van der Waals surface area contributed by atoms with Gasteiger partial charge in [0, 0.05) is 16.3 Å². The van der Waals surface area contributed by atoms with Crippen LogP contribution in [-0.4, -0.2) is 16.8 Å². The second-order valence-corrected chi connectivity index (χ2v) is 7.36. The molecule has 3 aromatic rings. The van der Waals surface area contributed by atoms with Gasteiger partial charge in [-0.3, -0.25) is 14.5 Å². The van der Waals surface area contributed by atoms with Gasteiger partial charge in [0.25, 0.3) is 11.7 Å². The lowest BCUT2D eigenvalue weighted by atomic mass is 9.95. The van der Waals surface area contributed by atoms with Crippen LogP contribution in [0.3, 0.4) is 0 Å². The third-order valence-electron chi connectivity index (χ3n) is 4.99. The van der Waals surface area contributed by atoms with Crippen LogP contribution in [0, 0.1) is 6.92 Å². The molecule has 4 nitrogen and oxygen atoms in total. The van der Waals surface area contributed by atoms with E-state index in [0.717, 1.165) is 11.1 Å². The molecule has 0 aliphatic carbocycles. The van der Waals surface area contributed by atoms with Crippen molar-refractivity contribution in [2.24, 2.45) is 0 Å². The standard InChI is InChI=1S/C24H18ClNO3/c1-15-7-13-19(14-8-15)26-21(16-5-3-2-4-6-16)20(23(28)24(26)29)22(27)17-9-11-18(25)12-10-17/h2-14,21,27H,1H3/b22-20+/t21-/m1/s1. The van der Waals surface area contributed by atoms with Gasteiger partial charge in [-0.2, -0.15) is 0 Å². The molecule has 1 N–H and O–H groups in total. The van der Waals surface area contributed by atoms with E-state index in [-0.39, 0.29) is 11.3 Å². The van der Waals surface area contributed by atoms with Gasteiger partial charge >= 0.3 is 0 Å². The molecule has 5 heteroatoms. The maximum atomic E-state index is 13.0. The van der Waals surface area contributed by atoms with E-state index in [1.54, 1.807) is 36.4 Å². The molecular formula is C24H18ClNO3. The van der Waals surface area contributed by atoms with Crippen molar-refractivity contribution in [3.05, 3.63) is 106 Å². The molecule has 0 bridgehead atoms. The molecule has 0 spiro atoms. The number of hydrogen-bond acceptors (Lipinski definition) is 3. The number of halogens is 1. The lowest BCUT2D eigenvalue weighted by Crippen LogP contribution is -2.29. The fourth-order valence-corrected chi connectivity index (χ4v) is 3.64. The summed E-state index contributed by atoms with van der Waals surface area (Å²) >= 11 is 5.94. The molecule has 1 atom stereocenters. The second kappa shape index (κ2) is 7.57. The number of nitrogens with zero attached hydrogens (tertiary/aromatic N) is 1. The highest BCUT2D eigenvalue weighted by atomic mass is 35.5. The molecule has 0 radical (unpaired) electrons. The van der Waals surface area contributed by atoms with Crippen LogP contribution in [0.4, 0.5) is 5.69 Å². The van der Waals surface area contributed by atoms with Crippen molar-refractivity contribution in [1.82, 2.24) is 0 Å². The molecule has 1 saturated heterocycles. The van der Waals surface area contributed by atoms with Gasteiger partial charge in [0.15, 0.2) is 0 Å². The first-order valence-corrected chi connectivity index (χ1v) is 9.53. The molecule has 1 aliphatic rings. The lowest BCUT2D eigenvalue weighted by Gasteiger charge is -2.25. The summed E-state index contributed by atoms with van der Waals surface area (Å²) < 4.78 is 0. The van der Waals surface area contributed by atoms with Gasteiger partial charge in [-0.15, -0.1) is 0 Å². The quantitative estimate of drug-likeness (QED) is 0.368. The number of aliphatic hydroxyl groups is 1. The zero-order chi connectivity index (χ0) is 20.5. The Kier molecular flexibility index (Phi) is 4.95. The van der Waals surface area contributed by atoms with Gasteiger partial charge in [0.1, 0.15) is 5.76 Å². The first-order valence-electron chi connectivity index (χ1n) is 9.16. The molecule has 144 valence electrons. The van der Waals surface area contributed by atoms with E-state index >= 15 is 0 Å². The number of carbonyl (C=O) groups excluding carboxylic acids is 2. The number of ketones is 1. The summed E-state index contributed by atoms with van der Waals surface area (Å²) in [4.78, 5) is 27.4. The normalized spacial score (nSPS) is 18.3. The predicted octanol–water partition coefficient (Wildman–Crippen LogP) is 5.27. The number of aryl methyl sites for hydroxylation is 1. The molecule has 0 aromatic heterocycles. The lowest BCUT2D eigenvalue weighted by molar-refractivity contribution is -0.132. The summed E-state index contributed by atoms with van der Waals surface area (Å²) in [7, 11) is 0. The Hall–Kier alpha value is -3.37. The van der Waals surface area contributed by atoms with Crippen molar-refractivity contribution in [2.45, 2.75) is 13.0 Å².